The molecule has 0 saturated carbocycles. The molecule has 1 aromatic carbocycles. The Hall–Kier alpha value is -1.84. The fourth-order valence-corrected chi connectivity index (χ4v) is 3.63. The lowest BCUT2D eigenvalue weighted by molar-refractivity contribution is -0.320. The third-order valence-electron chi connectivity index (χ3n) is 5.46. The van der Waals surface area contributed by atoms with Crippen molar-refractivity contribution < 1.29 is 59.4 Å². The summed E-state index contributed by atoms with van der Waals surface area (Å²) < 4.78 is 27.7. The van der Waals surface area contributed by atoms with Crippen molar-refractivity contribution in [1.82, 2.24) is 0 Å². The highest BCUT2D eigenvalue weighted by Gasteiger charge is 2.51. The first-order valence-electron chi connectivity index (χ1n) is 10.4. The third-order valence-corrected chi connectivity index (χ3v) is 5.46. The van der Waals surface area contributed by atoms with Crippen molar-refractivity contribution in [2.24, 2.45) is 0 Å². The van der Waals surface area contributed by atoms with Crippen molar-refractivity contribution in [2.45, 2.75) is 55.3 Å². The van der Waals surface area contributed by atoms with E-state index in [9.17, 15) is 30.6 Å². The summed E-state index contributed by atoms with van der Waals surface area (Å²) >= 11 is 0. The van der Waals surface area contributed by atoms with Crippen LogP contribution in [0.15, 0.2) is 24.3 Å². The van der Waals surface area contributed by atoms with Gasteiger partial charge in [0.25, 0.3) is 0 Å². The molecule has 33 heavy (non-hydrogen) atoms. The molecule has 0 amide bonds. The fraction of sp³-hybridized carbons (Fsp3) is 0.619. The molecule has 2 aliphatic heterocycles. The van der Waals surface area contributed by atoms with Gasteiger partial charge in [0.1, 0.15) is 36.6 Å². The highest BCUT2D eigenvalue weighted by Crippen LogP contribution is 2.34. The number of hydrogen-bond donors (Lipinski definition) is 7. The molecule has 2 aliphatic rings. The molecule has 2 fully saturated rings. The van der Waals surface area contributed by atoms with Crippen LogP contribution in [0.25, 0.3) is 6.08 Å². The molecule has 0 spiro atoms. The second-order valence-corrected chi connectivity index (χ2v) is 7.63. The van der Waals surface area contributed by atoms with Crippen molar-refractivity contribution in [1.29, 1.82) is 0 Å². The standard InChI is InChI=1S/C21H30O12/c1-29-12-7-10(3-2-6-22)4-5-11(12)30-21-19(17(27)15(25)13(8-23)32-21)33-20-18(28)16(26)14(9-24)31-20/h2-5,7,13-28H,6,8-9H2,1H3. The first kappa shape index (κ1) is 25.8. The van der Waals surface area contributed by atoms with Crippen LogP contribution in [0.4, 0.5) is 0 Å². The van der Waals surface area contributed by atoms with E-state index in [1.54, 1.807) is 24.3 Å². The molecular formula is C21H30O12. The molecule has 0 radical (unpaired) electrons. The van der Waals surface area contributed by atoms with Gasteiger partial charge in [0, 0.05) is 0 Å². The van der Waals surface area contributed by atoms with Crippen molar-refractivity contribution >= 4 is 6.08 Å². The summed E-state index contributed by atoms with van der Waals surface area (Å²) in [4.78, 5) is 0. The fourth-order valence-electron chi connectivity index (χ4n) is 3.63. The van der Waals surface area contributed by atoms with Crippen LogP contribution in [-0.2, 0) is 14.2 Å². The number of methoxy groups -OCH3 is 1. The van der Waals surface area contributed by atoms with Gasteiger partial charge in [-0.05, 0) is 17.7 Å². The van der Waals surface area contributed by atoms with E-state index in [1.807, 2.05) is 0 Å². The summed E-state index contributed by atoms with van der Waals surface area (Å²) in [6.45, 7) is -1.34. The topological polar surface area (TPSA) is 188 Å². The molecule has 9 atom stereocenters. The number of aliphatic hydroxyl groups excluding tert-OH is 7. The summed E-state index contributed by atoms with van der Waals surface area (Å²) in [5.74, 6) is 0.463. The van der Waals surface area contributed by atoms with Crippen molar-refractivity contribution in [3.05, 3.63) is 29.8 Å². The highest BCUT2D eigenvalue weighted by atomic mass is 16.8. The van der Waals surface area contributed by atoms with Gasteiger partial charge in [0.05, 0.1) is 26.9 Å². The predicted octanol–water partition coefficient (Wildman–Crippen LogP) is -2.66. The van der Waals surface area contributed by atoms with Gasteiger partial charge in [-0.15, -0.1) is 0 Å². The summed E-state index contributed by atoms with van der Waals surface area (Å²) in [7, 11) is 1.41. The van der Waals surface area contributed by atoms with Crippen LogP contribution in [0.2, 0.25) is 0 Å². The van der Waals surface area contributed by atoms with Crippen LogP contribution < -0.4 is 9.47 Å². The van der Waals surface area contributed by atoms with E-state index in [1.165, 1.54) is 13.2 Å². The maximum atomic E-state index is 10.6. The van der Waals surface area contributed by atoms with Crippen molar-refractivity contribution in [3.8, 4) is 11.5 Å². The Bertz CT molecular complexity index is 789. The van der Waals surface area contributed by atoms with Crippen LogP contribution in [0, 0.1) is 0 Å². The number of aliphatic hydroxyl groups is 7. The van der Waals surface area contributed by atoms with E-state index < -0.39 is 68.5 Å². The van der Waals surface area contributed by atoms with Gasteiger partial charge in [-0.3, -0.25) is 0 Å². The molecule has 2 saturated heterocycles. The van der Waals surface area contributed by atoms with Gasteiger partial charge in [-0.2, -0.15) is 0 Å². The Morgan fingerprint density at radius 2 is 1.48 bits per heavy atom. The highest BCUT2D eigenvalue weighted by molar-refractivity contribution is 5.56. The van der Waals surface area contributed by atoms with Gasteiger partial charge in [-0.1, -0.05) is 18.2 Å². The Labute approximate surface area is 189 Å². The number of ether oxygens (including phenoxy) is 5. The van der Waals surface area contributed by atoms with E-state index in [0.717, 1.165) is 0 Å². The normalized spacial score (nSPS) is 36.9. The van der Waals surface area contributed by atoms with Gasteiger partial charge in [0.2, 0.25) is 6.29 Å². The lowest BCUT2D eigenvalue weighted by Gasteiger charge is -2.42. The number of rotatable bonds is 9. The van der Waals surface area contributed by atoms with E-state index in [4.69, 9.17) is 28.8 Å². The zero-order valence-electron chi connectivity index (χ0n) is 17.9. The van der Waals surface area contributed by atoms with Gasteiger partial charge < -0.3 is 59.4 Å². The average molecular weight is 474 g/mol. The van der Waals surface area contributed by atoms with Gasteiger partial charge in [0.15, 0.2) is 23.9 Å². The Kier molecular flexibility index (Phi) is 9.01. The largest absolute Gasteiger partial charge is 0.493 e. The van der Waals surface area contributed by atoms with E-state index >= 15 is 0 Å². The lowest BCUT2D eigenvalue weighted by atomic mass is 9.99. The Balaban J connectivity index is 1.84. The van der Waals surface area contributed by atoms with E-state index in [2.05, 4.69) is 0 Å². The van der Waals surface area contributed by atoms with Crippen LogP contribution in [0.3, 0.4) is 0 Å². The minimum atomic E-state index is -1.63. The quantitative estimate of drug-likeness (QED) is 0.197. The minimum absolute atomic E-state index is 0.140. The van der Waals surface area contributed by atoms with Crippen LogP contribution in [0.1, 0.15) is 5.56 Å². The zero-order chi connectivity index (χ0) is 24.1. The first-order valence-corrected chi connectivity index (χ1v) is 10.4. The monoisotopic (exact) mass is 474 g/mol. The molecular weight excluding hydrogens is 444 g/mol. The maximum Gasteiger partial charge on any atom is 0.229 e. The molecule has 3 rings (SSSR count). The van der Waals surface area contributed by atoms with Gasteiger partial charge >= 0.3 is 0 Å². The minimum Gasteiger partial charge on any atom is -0.493 e. The second kappa shape index (κ2) is 11.5. The smallest absolute Gasteiger partial charge is 0.229 e. The molecule has 2 heterocycles. The number of benzene rings is 1. The zero-order valence-corrected chi connectivity index (χ0v) is 17.9. The van der Waals surface area contributed by atoms with Crippen LogP contribution in [0.5, 0.6) is 11.5 Å². The molecule has 0 aromatic heterocycles. The lowest BCUT2D eigenvalue weighted by Crippen LogP contribution is -2.62. The SMILES string of the molecule is COc1cc(C=CCO)ccc1OC1OC(CO)C(O)C(O)C1OC1OC(CO)C(O)C1O. The molecule has 0 bridgehead atoms. The molecule has 186 valence electrons. The summed E-state index contributed by atoms with van der Waals surface area (Å²) in [5.41, 5.74) is 0.709. The third kappa shape index (κ3) is 5.63. The molecule has 12 nitrogen and oxygen atoms in total. The molecule has 7 N–H and O–H groups in total. The Morgan fingerprint density at radius 3 is 2.09 bits per heavy atom. The van der Waals surface area contributed by atoms with E-state index in [0.29, 0.717) is 5.56 Å². The molecule has 9 unspecified atom stereocenters. The molecule has 0 aliphatic carbocycles. The van der Waals surface area contributed by atoms with Crippen molar-refractivity contribution in [3.63, 3.8) is 0 Å². The first-order chi connectivity index (χ1) is 15.8. The summed E-state index contributed by atoms with van der Waals surface area (Å²) in [6.07, 6.45) is -9.55. The van der Waals surface area contributed by atoms with Crippen LogP contribution >= 0.6 is 0 Å². The maximum absolute atomic E-state index is 10.6. The molecule has 12 heteroatoms. The van der Waals surface area contributed by atoms with Crippen LogP contribution in [-0.4, -0.2) is 118 Å². The number of hydrogen-bond acceptors (Lipinski definition) is 12. The summed E-state index contributed by atoms with van der Waals surface area (Å²) in [5, 5.41) is 68.8. The van der Waals surface area contributed by atoms with E-state index in [-0.39, 0.29) is 18.1 Å². The Morgan fingerprint density at radius 1 is 0.848 bits per heavy atom. The second-order valence-electron chi connectivity index (χ2n) is 7.63. The average Bonchev–Trinajstić information content (AvgIpc) is 3.10. The predicted molar refractivity (Wildman–Crippen MR) is 110 cm³/mol. The van der Waals surface area contributed by atoms with Crippen molar-refractivity contribution in [2.75, 3.05) is 26.9 Å². The molecule has 1 aromatic rings. The summed E-state index contributed by atoms with van der Waals surface area (Å²) in [6, 6.07) is 4.85. The van der Waals surface area contributed by atoms with Gasteiger partial charge in [-0.25, -0.2) is 0 Å².